The van der Waals surface area contributed by atoms with Crippen LogP contribution in [0.2, 0.25) is 0 Å². The van der Waals surface area contributed by atoms with E-state index in [9.17, 15) is 14.9 Å². The highest BCUT2D eigenvalue weighted by Gasteiger charge is 2.27. The summed E-state index contributed by atoms with van der Waals surface area (Å²) in [5.74, 6) is 0.274. The largest absolute Gasteiger partial charge is 0.497 e. The van der Waals surface area contributed by atoms with E-state index in [1.54, 1.807) is 58.2 Å². The van der Waals surface area contributed by atoms with Crippen molar-refractivity contribution in [2.24, 2.45) is 5.41 Å². The summed E-state index contributed by atoms with van der Waals surface area (Å²) in [6, 6.07) is 11.0. The van der Waals surface area contributed by atoms with E-state index in [4.69, 9.17) is 4.74 Å². The number of rotatable bonds is 4. The van der Waals surface area contributed by atoms with Crippen molar-refractivity contribution in [1.82, 2.24) is 4.57 Å². The van der Waals surface area contributed by atoms with Crippen LogP contribution < -0.4 is 19.5 Å². The van der Waals surface area contributed by atoms with Crippen molar-refractivity contribution in [2.75, 3.05) is 7.11 Å². The second-order valence-electron chi connectivity index (χ2n) is 7.38. The Morgan fingerprint density at radius 3 is 2.62 bits per heavy atom. The zero-order chi connectivity index (χ0) is 21.2. The van der Waals surface area contributed by atoms with Gasteiger partial charge in [0.15, 0.2) is 5.78 Å². The average Bonchev–Trinajstić information content (AvgIpc) is 3.30. The minimum absolute atomic E-state index is 0.0209. The molecule has 29 heavy (non-hydrogen) atoms. The highest BCUT2D eigenvalue weighted by Crippen LogP contribution is 2.20. The Morgan fingerprint density at radius 1 is 1.28 bits per heavy atom. The lowest BCUT2D eigenvalue weighted by Gasteiger charge is -2.15. The number of aromatic nitrogens is 1. The first-order chi connectivity index (χ1) is 13.8. The molecule has 0 bridgehead atoms. The van der Waals surface area contributed by atoms with Crippen molar-refractivity contribution in [3.63, 3.8) is 0 Å². The molecule has 0 saturated carbocycles. The van der Waals surface area contributed by atoms with Crippen LogP contribution in [0.4, 0.5) is 0 Å². The fourth-order valence-corrected chi connectivity index (χ4v) is 4.43. The molecule has 0 spiro atoms. The molecule has 3 rings (SSSR count). The van der Waals surface area contributed by atoms with Crippen LogP contribution >= 0.6 is 22.7 Å². The maximum absolute atomic E-state index is 13.3. The molecule has 0 N–H and O–H groups in total. The van der Waals surface area contributed by atoms with Gasteiger partial charge in [0.1, 0.15) is 22.1 Å². The Labute approximate surface area is 176 Å². The number of ether oxygens (including phenoxy) is 1. The molecule has 0 aliphatic rings. The molecule has 1 aromatic carbocycles. The lowest BCUT2D eigenvalue weighted by molar-refractivity contribution is -0.120. The fraction of sp³-hybridized carbons (Fsp3) is 0.227. The number of nitriles is 1. The Kier molecular flexibility index (Phi) is 5.87. The normalized spacial score (nSPS) is 13.1. The molecule has 0 amide bonds. The van der Waals surface area contributed by atoms with Crippen LogP contribution in [0.1, 0.15) is 26.3 Å². The van der Waals surface area contributed by atoms with Gasteiger partial charge in [-0.2, -0.15) is 16.6 Å². The quantitative estimate of drug-likeness (QED) is 0.645. The van der Waals surface area contributed by atoms with Crippen molar-refractivity contribution < 1.29 is 9.53 Å². The molecule has 2 heterocycles. The van der Waals surface area contributed by atoms with Crippen molar-refractivity contribution in [2.45, 2.75) is 20.8 Å². The van der Waals surface area contributed by atoms with E-state index in [0.717, 1.165) is 16.9 Å². The van der Waals surface area contributed by atoms with Gasteiger partial charge in [0.05, 0.1) is 17.3 Å². The van der Waals surface area contributed by atoms with Crippen LogP contribution in [0.5, 0.6) is 5.75 Å². The lowest BCUT2D eigenvalue weighted by atomic mass is 9.87. The van der Waals surface area contributed by atoms with Gasteiger partial charge in [-0.1, -0.05) is 26.8 Å². The van der Waals surface area contributed by atoms with Gasteiger partial charge in [-0.25, -0.2) is 0 Å². The zero-order valence-electron chi connectivity index (χ0n) is 16.6. The third-order valence-electron chi connectivity index (χ3n) is 4.21. The molecule has 0 atom stereocenters. The van der Waals surface area contributed by atoms with Gasteiger partial charge in [-0.3, -0.25) is 14.2 Å². The van der Waals surface area contributed by atoms with Gasteiger partial charge < -0.3 is 4.74 Å². The third-order valence-corrected chi connectivity index (χ3v) is 6.00. The number of hydrogen-bond donors (Lipinski definition) is 0. The van der Waals surface area contributed by atoms with Crippen LogP contribution in [-0.4, -0.2) is 17.5 Å². The number of hydrogen-bond acceptors (Lipinski definition) is 6. The Hall–Kier alpha value is -2.95. The number of benzene rings is 1. The summed E-state index contributed by atoms with van der Waals surface area (Å²) >= 11 is 2.68. The molecule has 0 radical (unpaired) electrons. The first-order valence-electron chi connectivity index (χ1n) is 8.85. The maximum atomic E-state index is 13.3. The third kappa shape index (κ3) is 4.24. The molecular weight excluding hydrogens is 404 g/mol. The summed E-state index contributed by atoms with van der Waals surface area (Å²) in [5, 5.41) is 13.7. The average molecular weight is 425 g/mol. The van der Waals surface area contributed by atoms with Gasteiger partial charge in [-0.15, -0.1) is 11.3 Å². The van der Waals surface area contributed by atoms with E-state index in [0.29, 0.717) is 20.6 Å². The molecule has 2 aromatic heterocycles. The molecule has 0 saturated heterocycles. The molecule has 148 valence electrons. The number of Topliss-reactive ketones (excluding diaryl/α,β-unsaturated/α-hetero) is 1. The van der Waals surface area contributed by atoms with Crippen molar-refractivity contribution in [1.29, 1.82) is 5.26 Å². The number of thiophene rings is 1. The van der Waals surface area contributed by atoms with Crippen LogP contribution in [0, 0.1) is 16.7 Å². The molecule has 0 fully saturated rings. The molecule has 5 nitrogen and oxygen atoms in total. The minimum Gasteiger partial charge on any atom is -0.497 e. The fourth-order valence-electron chi connectivity index (χ4n) is 2.71. The predicted octanol–water partition coefficient (Wildman–Crippen LogP) is 3.09. The van der Waals surface area contributed by atoms with Crippen LogP contribution in [0.25, 0.3) is 17.3 Å². The molecule has 0 unspecified atom stereocenters. The molecule has 3 aromatic rings. The number of thiazole rings is 1. The number of methoxy groups -OCH3 is 1. The van der Waals surface area contributed by atoms with Gasteiger partial charge in [0.25, 0.3) is 5.56 Å². The van der Waals surface area contributed by atoms with E-state index in [-0.39, 0.29) is 16.9 Å². The number of ketones is 1. The summed E-state index contributed by atoms with van der Waals surface area (Å²) in [6.45, 7) is 5.27. The predicted molar refractivity (Wildman–Crippen MR) is 117 cm³/mol. The first kappa shape index (κ1) is 20.8. The lowest BCUT2D eigenvalue weighted by Crippen LogP contribution is -2.33. The van der Waals surface area contributed by atoms with Crippen LogP contribution in [0.3, 0.4) is 0 Å². The Bertz CT molecular complexity index is 1270. The van der Waals surface area contributed by atoms with Crippen molar-refractivity contribution in [3.8, 4) is 17.5 Å². The summed E-state index contributed by atoms with van der Waals surface area (Å²) in [6.07, 6.45) is 1.78. The van der Waals surface area contributed by atoms with Crippen LogP contribution in [-0.2, 0) is 4.79 Å². The highest BCUT2D eigenvalue weighted by atomic mass is 32.1. The summed E-state index contributed by atoms with van der Waals surface area (Å²) in [5.41, 5.74) is 0.395. The van der Waals surface area contributed by atoms with E-state index in [1.165, 1.54) is 15.9 Å². The minimum atomic E-state index is -0.748. The second-order valence-corrected chi connectivity index (χ2v) is 9.19. The smallest absolute Gasteiger partial charge is 0.273 e. The van der Waals surface area contributed by atoms with Gasteiger partial charge in [0, 0.05) is 11.5 Å². The van der Waals surface area contributed by atoms with Crippen molar-refractivity contribution in [3.05, 3.63) is 66.2 Å². The first-order valence-corrected chi connectivity index (χ1v) is 10.6. The van der Waals surface area contributed by atoms with E-state index in [2.05, 4.69) is 0 Å². The Balaban J connectivity index is 2.44. The molecule has 7 heteroatoms. The monoisotopic (exact) mass is 424 g/mol. The molecule has 0 aliphatic carbocycles. The Morgan fingerprint density at radius 2 is 2.03 bits per heavy atom. The summed E-state index contributed by atoms with van der Waals surface area (Å²) in [7, 11) is 1.54. The number of nitrogens with zero attached hydrogens (tertiary/aromatic N) is 2. The van der Waals surface area contributed by atoms with Crippen molar-refractivity contribution >= 4 is 40.1 Å². The van der Waals surface area contributed by atoms with Gasteiger partial charge >= 0.3 is 0 Å². The maximum Gasteiger partial charge on any atom is 0.273 e. The van der Waals surface area contributed by atoms with E-state index < -0.39 is 5.41 Å². The van der Waals surface area contributed by atoms with Gasteiger partial charge in [-0.05, 0) is 40.6 Å². The van der Waals surface area contributed by atoms with Crippen LogP contribution in [0.15, 0.2) is 45.9 Å². The number of carbonyl (C=O) groups is 1. The van der Waals surface area contributed by atoms with E-state index >= 15 is 0 Å². The summed E-state index contributed by atoms with van der Waals surface area (Å²) < 4.78 is 7.48. The van der Waals surface area contributed by atoms with E-state index in [1.807, 2.05) is 22.9 Å². The second kappa shape index (κ2) is 8.19. The topological polar surface area (TPSA) is 72.1 Å². The SMILES string of the molecule is COc1cccc(-n2c(=O)/c(=C/c3ccsc3)s/c2=C(/C#N)C(=O)C(C)(C)C)c1. The van der Waals surface area contributed by atoms with Gasteiger partial charge in [0.2, 0.25) is 0 Å². The molecular formula is C22H20N2O3S2. The zero-order valence-corrected chi connectivity index (χ0v) is 18.2. The standard InChI is InChI=1S/C22H20N2O3S2/c1-22(2,3)19(25)17(12-23)21-24(15-6-5-7-16(11-15)27-4)20(26)18(29-21)10-14-8-9-28-13-14/h5-11,13H,1-4H3/b18-10-,21-17-. The molecule has 0 aliphatic heterocycles. The number of carbonyl (C=O) groups excluding carboxylic acids is 1. The highest BCUT2D eigenvalue weighted by molar-refractivity contribution is 7.08. The summed E-state index contributed by atoms with van der Waals surface area (Å²) in [4.78, 5) is 26.2.